The van der Waals surface area contributed by atoms with Gasteiger partial charge in [0.05, 0.1) is 18.7 Å². The Morgan fingerprint density at radius 2 is 2.07 bits per heavy atom. The molecule has 27 heavy (non-hydrogen) atoms. The lowest BCUT2D eigenvalue weighted by Crippen LogP contribution is -2.66. The Balaban J connectivity index is 1.63. The molecule has 1 N–H and O–H groups in total. The number of nitrogens with zero attached hydrogens (tertiary/aromatic N) is 2. The summed E-state index contributed by atoms with van der Waals surface area (Å²) in [6.07, 6.45) is 6.97. The molecule has 1 aromatic carbocycles. The van der Waals surface area contributed by atoms with Gasteiger partial charge in [0.1, 0.15) is 6.04 Å². The molecule has 2 fully saturated rings. The van der Waals surface area contributed by atoms with Crippen molar-refractivity contribution in [2.45, 2.75) is 50.1 Å². The molecule has 3 aliphatic rings. The van der Waals surface area contributed by atoms with Crippen molar-refractivity contribution in [2.75, 3.05) is 19.8 Å². The lowest BCUT2D eigenvalue weighted by atomic mass is 9.72. The van der Waals surface area contributed by atoms with Gasteiger partial charge in [0.15, 0.2) is 0 Å². The minimum Gasteiger partial charge on any atom is -0.394 e. The summed E-state index contributed by atoms with van der Waals surface area (Å²) in [5.41, 5.74) is 3.59. The summed E-state index contributed by atoms with van der Waals surface area (Å²) in [4.78, 5) is 14.7. The van der Waals surface area contributed by atoms with Gasteiger partial charge in [0, 0.05) is 25.0 Å². The van der Waals surface area contributed by atoms with Crippen LogP contribution in [0.3, 0.4) is 0 Å². The van der Waals surface area contributed by atoms with E-state index < -0.39 is 6.04 Å². The van der Waals surface area contributed by atoms with Crippen LogP contribution in [-0.4, -0.2) is 47.8 Å². The third-order valence-corrected chi connectivity index (χ3v) is 6.26. The smallest absolute Gasteiger partial charge is 0.227 e. The number of aliphatic hydroxyl groups excluding tert-OH is 1. The maximum Gasteiger partial charge on any atom is 0.227 e. The van der Waals surface area contributed by atoms with Gasteiger partial charge in [-0.15, -0.1) is 0 Å². The number of hydrogen-bond acceptors (Lipinski definition) is 4. The van der Waals surface area contributed by atoms with Crippen molar-refractivity contribution in [1.82, 2.24) is 4.90 Å². The van der Waals surface area contributed by atoms with Gasteiger partial charge >= 0.3 is 0 Å². The first-order valence-corrected chi connectivity index (χ1v) is 9.95. The molecule has 2 saturated heterocycles. The van der Waals surface area contributed by atoms with E-state index in [1.807, 2.05) is 12.1 Å². The summed E-state index contributed by atoms with van der Waals surface area (Å²) in [5.74, 6) is -0.239. The van der Waals surface area contributed by atoms with Gasteiger partial charge in [0.25, 0.3) is 0 Å². The van der Waals surface area contributed by atoms with Gasteiger partial charge in [-0.2, -0.15) is 5.26 Å². The van der Waals surface area contributed by atoms with E-state index in [2.05, 4.69) is 24.3 Å². The van der Waals surface area contributed by atoms with Crippen molar-refractivity contribution in [2.24, 2.45) is 5.92 Å². The third-order valence-electron chi connectivity index (χ3n) is 6.26. The maximum atomic E-state index is 13.0. The number of nitriles is 1. The molecule has 2 aliphatic heterocycles. The fraction of sp³-hybridized carbons (Fsp3) is 0.545. The van der Waals surface area contributed by atoms with Gasteiger partial charge < -0.3 is 14.7 Å². The van der Waals surface area contributed by atoms with Crippen molar-refractivity contribution in [1.29, 1.82) is 5.26 Å². The lowest BCUT2D eigenvalue weighted by molar-refractivity contribution is -0.154. The van der Waals surface area contributed by atoms with Gasteiger partial charge in [-0.1, -0.05) is 30.3 Å². The number of aliphatic hydroxyl groups is 1. The normalized spacial score (nSPS) is 28.4. The van der Waals surface area contributed by atoms with Crippen LogP contribution in [-0.2, 0) is 9.53 Å². The SMILES string of the molecule is N#C[C@H]1[C@@H](c2ccccc2C2=CCCC2)[C@H](CO)N1C(=O)C1CCOCC1. The van der Waals surface area contributed by atoms with Gasteiger partial charge in [-0.3, -0.25) is 4.79 Å². The van der Waals surface area contributed by atoms with Crippen LogP contribution in [0.5, 0.6) is 0 Å². The highest BCUT2D eigenvalue weighted by molar-refractivity contribution is 5.82. The number of rotatable bonds is 4. The summed E-state index contributed by atoms with van der Waals surface area (Å²) >= 11 is 0. The van der Waals surface area contributed by atoms with Crippen LogP contribution >= 0.6 is 0 Å². The average Bonchev–Trinajstić information content (AvgIpc) is 3.23. The van der Waals surface area contributed by atoms with E-state index in [1.165, 1.54) is 11.1 Å². The number of benzene rings is 1. The molecule has 1 aromatic rings. The topological polar surface area (TPSA) is 73.6 Å². The molecule has 5 heteroatoms. The lowest BCUT2D eigenvalue weighted by Gasteiger charge is -2.53. The van der Waals surface area contributed by atoms with Crippen LogP contribution in [0.2, 0.25) is 0 Å². The predicted octanol–water partition coefficient (Wildman–Crippen LogP) is 2.86. The number of amides is 1. The molecular weight excluding hydrogens is 340 g/mol. The molecule has 4 rings (SSSR count). The van der Waals surface area contributed by atoms with E-state index in [-0.39, 0.29) is 30.4 Å². The fourth-order valence-electron chi connectivity index (χ4n) is 4.83. The van der Waals surface area contributed by atoms with Crippen molar-refractivity contribution in [3.8, 4) is 6.07 Å². The number of ether oxygens (including phenoxy) is 1. The first-order chi connectivity index (χ1) is 13.3. The van der Waals surface area contributed by atoms with E-state index in [9.17, 15) is 15.2 Å². The molecule has 1 amide bonds. The standard InChI is InChI=1S/C22H26N2O3/c23-13-19-21(18-8-4-3-7-17(18)15-5-1-2-6-15)20(14-25)24(19)22(26)16-9-11-27-12-10-16/h3-5,7-8,16,19-21,25H,1-2,6,9-12,14H2/t19-,20-,21+/m0/s1. The van der Waals surface area contributed by atoms with Crippen LogP contribution in [0.1, 0.15) is 49.1 Å². The molecule has 0 saturated carbocycles. The highest BCUT2D eigenvalue weighted by atomic mass is 16.5. The summed E-state index contributed by atoms with van der Waals surface area (Å²) in [6, 6.07) is 9.68. The number of carbonyl (C=O) groups excluding carboxylic acids is 1. The Labute approximate surface area is 160 Å². The molecule has 0 spiro atoms. The molecule has 0 aromatic heterocycles. The van der Waals surface area contributed by atoms with Crippen LogP contribution in [0, 0.1) is 17.2 Å². The van der Waals surface area contributed by atoms with Gasteiger partial charge in [-0.25, -0.2) is 0 Å². The zero-order valence-corrected chi connectivity index (χ0v) is 15.5. The Morgan fingerprint density at radius 1 is 1.30 bits per heavy atom. The molecule has 0 unspecified atom stereocenters. The van der Waals surface area contributed by atoms with Crippen molar-refractivity contribution in [3.05, 3.63) is 41.5 Å². The monoisotopic (exact) mass is 366 g/mol. The second-order valence-electron chi connectivity index (χ2n) is 7.69. The van der Waals surface area contributed by atoms with E-state index >= 15 is 0 Å². The van der Waals surface area contributed by atoms with Crippen LogP contribution < -0.4 is 0 Å². The zero-order valence-electron chi connectivity index (χ0n) is 15.5. The van der Waals surface area contributed by atoms with Crippen LogP contribution in [0.15, 0.2) is 30.3 Å². The van der Waals surface area contributed by atoms with Crippen molar-refractivity contribution < 1.29 is 14.6 Å². The Morgan fingerprint density at radius 3 is 2.74 bits per heavy atom. The summed E-state index contributed by atoms with van der Waals surface area (Å²) in [7, 11) is 0. The number of hydrogen-bond donors (Lipinski definition) is 1. The molecule has 5 nitrogen and oxygen atoms in total. The predicted molar refractivity (Wildman–Crippen MR) is 102 cm³/mol. The van der Waals surface area contributed by atoms with E-state index in [1.54, 1.807) is 4.90 Å². The Hall–Kier alpha value is -2.16. The highest BCUT2D eigenvalue weighted by Crippen LogP contribution is 2.45. The van der Waals surface area contributed by atoms with Crippen molar-refractivity contribution in [3.63, 3.8) is 0 Å². The summed E-state index contributed by atoms with van der Waals surface area (Å²) < 4.78 is 5.36. The first kappa shape index (κ1) is 18.2. The van der Waals surface area contributed by atoms with E-state index in [4.69, 9.17) is 4.74 Å². The van der Waals surface area contributed by atoms with E-state index in [0.29, 0.717) is 26.1 Å². The van der Waals surface area contributed by atoms with Gasteiger partial charge in [0.2, 0.25) is 5.91 Å². The second-order valence-corrected chi connectivity index (χ2v) is 7.69. The fourth-order valence-corrected chi connectivity index (χ4v) is 4.83. The quantitative estimate of drug-likeness (QED) is 0.889. The average molecular weight is 366 g/mol. The molecule has 0 radical (unpaired) electrons. The van der Waals surface area contributed by atoms with E-state index in [0.717, 1.165) is 24.8 Å². The summed E-state index contributed by atoms with van der Waals surface area (Å²) in [6.45, 7) is 1.06. The molecular formula is C22H26N2O3. The Bertz CT molecular complexity index is 776. The van der Waals surface area contributed by atoms with Gasteiger partial charge in [-0.05, 0) is 48.8 Å². The molecule has 0 bridgehead atoms. The van der Waals surface area contributed by atoms with Crippen LogP contribution in [0.4, 0.5) is 0 Å². The minimum atomic E-state index is -0.513. The van der Waals surface area contributed by atoms with Crippen molar-refractivity contribution >= 4 is 11.5 Å². The first-order valence-electron chi connectivity index (χ1n) is 9.95. The molecule has 142 valence electrons. The third kappa shape index (κ3) is 3.18. The molecule has 1 aliphatic carbocycles. The molecule has 2 heterocycles. The largest absolute Gasteiger partial charge is 0.394 e. The summed E-state index contributed by atoms with van der Waals surface area (Å²) in [5, 5.41) is 19.9. The minimum absolute atomic E-state index is 0.00212. The maximum absolute atomic E-state index is 13.0. The number of likely N-dealkylation sites (tertiary alicyclic amines) is 1. The highest BCUT2D eigenvalue weighted by Gasteiger charge is 2.53. The van der Waals surface area contributed by atoms with Crippen LogP contribution in [0.25, 0.3) is 5.57 Å². The Kier molecular flexibility index (Phi) is 5.29. The molecule has 3 atom stereocenters. The zero-order chi connectivity index (χ0) is 18.8. The number of allylic oxidation sites excluding steroid dienone is 2. The number of carbonyl (C=O) groups is 1. The second kappa shape index (κ2) is 7.84.